The molecule has 1 fully saturated rings. The lowest BCUT2D eigenvalue weighted by molar-refractivity contribution is 0.119. The van der Waals surface area contributed by atoms with Gasteiger partial charge in [0.2, 0.25) is 0 Å². The van der Waals surface area contributed by atoms with Gasteiger partial charge in [0, 0.05) is 19.3 Å². The van der Waals surface area contributed by atoms with E-state index in [9.17, 15) is 0 Å². The number of hydrogen-bond donors (Lipinski definition) is 1. The van der Waals surface area contributed by atoms with E-state index >= 15 is 0 Å². The molecule has 2 rings (SSSR count). The molecule has 3 heteroatoms. The number of hydrogen-bond acceptors (Lipinski definition) is 2. The summed E-state index contributed by atoms with van der Waals surface area (Å²) in [7, 11) is 0. The molecule has 19 heavy (non-hydrogen) atoms. The fraction of sp³-hybridized carbons (Fsp3) is 0.625. The van der Waals surface area contributed by atoms with E-state index in [-0.39, 0.29) is 12.4 Å². The van der Waals surface area contributed by atoms with Crippen LogP contribution in [-0.4, -0.2) is 25.8 Å². The van der Waals surface area contributed by atoms with Crippen molar-refractivity contribution in [3.63, 3.8) is 0 Å². The highest BCUT2D eigenvalue weighted by Gasteiger charge is 2.11. The Morgan fingerprint density at radius 3 is 2.68 bits per heavy atom. The Balaban J connectivity index is 0.00000180. The predicted octanol–water partition coefficient (Wildman–Crippen LogP) is 3.59. The normalized spacial score (nSPS) is 18.8. The SMILES string of the molecule is Cl.c1ccc(CCCOCCC2CCCCN2)cc1. The van der Waals surface area contributed by atoms with Crippen molar-refractivity contribution in [1.29, 1.82) is 0 Å². The monoisotopic (exact) mass is 283 g/mol. The van der Waals surface area contributed by atoms with Gasteiger partial charge in [-0.2, -0.15) is 0 Å². The molecule has 1 heterocycles. The second-order valence-corrected chi connectivity index (χ2v) is 5.14. The average Bonchev–Trinajstić information content (AvgIpc) is 2.45. The van der Waals surface area contributed by atoms with Crippen molar-refractivity contribution in [3.8, 4) is 0 Å². The second-order valence-electron chi connectivity index (χ2n) is 5.14. The summed E-state index contributed by atoms with van der Waals surface area (Å²) in [4.78, 5) is 0. The molecule has 0 spiro atoms. The zero-order valence-corrected chi connectivity index (χ0v) is 12.5. The zero-order chi connectivity index (χ0) is 12.5. The molecule has 1 aliphatic rings. The van der Waals surface area contributed by atoms with E-state index in [1.54, 1.807) is 0 Å². The van der Waals surface area contributed by atoms with Gasteiger partial charge in [-0.25, -0.2) is 0 Å². The lowest BCUT2D eigenvalue weighted by Gasteiger charge is -2.23. The summed E-state index contributed by atoms with van der Waals surface area (Å²) in [6.07, 6.45) is 7.48. The fourth-order valence-corrected chi connectivity index (χ4v) is 2.52. The molecule has 1 unspecified atom stereocenters. The van der Waals surface area contributed by atoms with Gasteiger partial charge in [-0.15, -0.1) is 12.4 Å². The summed E-state index contributed by atoms with van der Waals surface area (Å²) >= 11 is 0. The van der Waals surface area contributed by atoms with Crippen molar-refractivity contribution in [2.45, 2.75) is 44.6 Å². The standard InChI is InChI=1S/C16H25NO.ClH/c1-2-7-15(8-3-1)9-6-13-18-14-11-16-10-4-5-12-17-16;/h1-3,7-8,16-17H,4-6,9-14H2;1H. The van der Waals surface area contributed by atoms with Crippen LogP contribution in [-0.2, 0) is 11.2 Å². The van der Waals surface area contributed by atoms with Crippen LogP contribution in [0.1, 0.15) is 37.7 Å². The summed E-state index contributed by atoms with van der Waals surface area (Å²) in [6, 6.07) is 11.3. The van der Waals surface area contributed by atoms with Gasteiger partial charge < -0.3 is 10.1 Å². The van der Waals surface area contributed by atoms with Crippen molar-refractivity contribution in [2.75, 3.05) is 19.8 Å². The molecule has 108 valence electrons. The minimum atomic E-state index is 0. The van der Waals surface area contributed by atoms with Crippen LogP contribution in [0.5, 0.6) is 0 Å². The quantitative estimate of drug-likeness (QED) is 0.772. The van der Waals surface area contributed by atoms with E-state index in [2.05, 4.69) is 35.6 Å². The maximum Gasteiger partial charge on any atom is 0.0480 e. The number of halogens is 1. The molecular formula is C16H26ClNO. The molecule has 0 aliphatic carbocycles. The fourth-order valence-electron chi connectivity index (χ4n) is 2.52. The summed E-state index contributed by atoms with van der Waals surface area (Å²) in [6.45, 7) is 2.99. The number of nitrogens with one attached hydrogen (secondary N) is 1. The first kappa shape index (κ1) is 16.5. The molecule has 1 atom stereocenters. The van der Waals surface area contributed by atoms with E-state index < -0.39 is 0 Å². The Bertz CT molecular complexity index is 312. The lowest BCUT2D eigenvalue weighted by atomic mass is 10.0. The van der Waals surface area contributed by atoms with Gasteiger partial charge in [0.25, 0.3) is 0 Å². The molecule has 0 radical (unpaired) electrons. The smallest absolute Gasteiger partial charge is 0.0480 e. The van der Waals surface area contributed by atoms with Crippen molar-refractivity contribution in [1.82, 2.24) is 5.32 Å². The third kappa shape index (κ3) is 6.95. The van der Waals surface area contributed by atoms with Gasteiger partial charge in [-0.05, 0) is 44.2 Å². The first-order chi connectivity index (χ1) is 8.95. The van der Waals surface area contributed by atoms with Crippen molar-refractivity contribution < 1.29 is 4.74 Å². The molecule has 1 N–H and O–H groups in total. The van der Waals surface area contributed by atoms with E-state index in [1.165, 1.54) is 37.8 Å². The van der Waals surface area contributed by atoms with Gasteiger partial charge in [0.05, 0.1) is 0 Å². The number of rotatable bonds is 7. The van der Waals surface area contributed by atoms with Crippen LogP contribution < -0.4 is 5.32 Å². The van der Waals surface area contributed by atoms with Crippen molar-refractivity contribution in [3.05, 3.63) is 35.9 Å². The van der Waals surface area contributed by atoms with Crippen molar-refractivity contribution >= 4 is 12.4 Å². The third-order valence-electron chi connectivity index (χ3n) is 3.62. The topological polar surface area (TPSA) is 21.3 Å². The summed E-state index contributed by atoms with van der Waals surface area (Å²) in [5.74, 6) is 0. The predicted molar refractivity (Wildman–Crippen MR) is 83.1 cm³/mol. The molecule has 1 aliphatic heterocycles. The van der Waals surface area contributed by atoms with Crippen LogP contribution >= 0.6 is 12.4 Å². The van der Waals surface area contributed by atoms with E-state index in [0.29, 0.717) is 6.04 Å². The van der Waals surface area contributed by atoms with Gasteiger partial charge in [-0.1, -0.05) is 36.8 Å². The number of benzene rings is 1. The van der Waals surface area contributed by atoms with Crippen LogP contribution in [0.25, 0.3) is 0 Å². The highest BCUT2D eigenvalue weighted by Crippen LogP contribution is 2.10. The molecular weight excluding hydrogens is 258 g/mol. The summed E-state index contributed by atoms with van der Waals surface area (Å²) in [5, 5.41) is 3.56. The summed E-state index contributed by atoms with van der Waals surface area (Å²) < 4.78 is 5.72. The maximum absolute atomic E-state index is 5.72. The van der Waals surface area contributed by atoms with Crippen LogP contribution in [0.2, 0.25) is 0 Å². The van der Waals surface area contributed by atoms with E-state index in [1.807, 2.05) is 0 Å². The zero-order valence-electron chi connectivity index (χ0n) is 11.6. The first-order valence-electron chi connectivity index (χ1n) is 7.30. The third-order valence-corrected chi connectivity index (χ3v) is 3.62. The molecule has 1 aromatic carbocycles. The molecule has 2 nitrogen and oxygen atoms in total. The van der Waals surface area contributed by atoms with Gasteiger partial charge in [0.15, 0.2) is 0 Å². The second kappa shape index (κ2) is 10.2. The Morgan fingerprint density at radius 2 is 1.95 bits per heavy atom. The average molecular weight is 284 g/mol. The Morgan fingerprint density at radius 1 is 1.11 bits per heavy atom. The molecule has 0 saturated carbocycles. The van der Waals surface area contributed by atoms with Crippen molar-refractivity contribution in [2.24, 2.45) is 0 Å². The highest BCUT2D eigenvalue weighted by molar-refractivity contribution is 5.85. The molecule has 0 aromatic heterocycles. The molecule has 1 saturated heterocycles. The molecule has 1 aromatic rings. The summed E-state index contributed by atoms with van der Waals surface area (Å²) in [5.41, 5.74) is 1.41. The first-order valence-corrected chi connectivity index (χ1v) is 7.30. The Kier molecular flexibility index (Phi) is 8.89. The van der Waals surface area contributed by atoms with Crippen LogP contribution in [0.4, 0.5) is 0 Å². The maximum atomic E-state index is 5.72. The van der Waals surface area contributed by atoms with E-state index in [0.717, 1.165) is 26.1 Å². The van der Waals surface area contributed by atoms with E-state index in [4.69, 9.17) is 4.74 Å². The number of ether oxygens (including phenoxy) is 1. The van der Waals surface area contributed by atoms with Gasteiger partial charge in [-0.3, -0.25) is 0 Å². The van der Waals surface area contributed by atoms with Crippen LogP contribution in [0, 0.1) is 0 Å². The van der Waals surface area contributed by atoms with Crippen LogP contribution in [0.15, 0.2) is 30.3 Å². The molecule has 0 amide bonds. The molecule has 0 bridgehead atoms. The number of aryl methyl sites for hydroxylation is 1. The van der Waals surface area contributed by atoms with Gasteiger partial charge >= 0.3 is 0 Å². The Labute approximate surface area is 123 Å². The highest BCUT2D eigenvalue weighted by atomic mass is 35.5. The van der Waals surface area contributed by atoms with Gasteiger partial charge in [0.1, 0.15) is 0 Å². The number of piperidine rings is 1. The Hall–Kier alpha value is -0.570. The largest absolute Gasteiger partial charge is 0.381 e. The lowest BCUT2D eigenvalue weighted by Crippen LogP contribution is -2.34. The minimum Gasteiger partial charge on any atom is -0.381 e. The minimum absolute atomic E-state index is 0. The van der Waals surface area contributed by atoms with Crippen LogP contribution in [0.3, 0.4) is 0 Å².